The molecule has 0 saturated heterocycles. The summed E-state index contributed by atoms with van der Waals surface area (Å²) in [5.74, 6) is -1.17. The normalized spacial score (nSPS) is 15.3. The molecule has 1 aliphatic rings. The van der Waals surface area contributed by atoms with E-state index in [1.54, 1.807) is 12.1 Å². The first-order chi connectivity index (χ1) is 11.1. The first-order valence-corrected chi connectivity index (χ1v) is 7.29. The molecule has 3 aromatic rings. The zero-order valence-corrected chi connectivity index (χ0v) is 12.1. The number of hydrogen-bond donors (Lipinski definition) is 0. The van der Waals surface area contributed by atoms with Crippen molar-refractivity contribution < 1.29 is 8.78 Å². The largest absolute Gasteiger partial charge is 0.325 e. The smallest absolute Gasteiger partial charge is 0.281 e. The van der Waals surface area contributed by atoms with Gasteiger partial charge in [0.15, 0.2) is 11.6 Å². The van der Waals surface area contributed by atoms with E-state index in [0.29, 0.717) is 29.7 Å². The molecule has 0 N–H and O–H groups in total. The fraction of sp³-hybridized carbons (Fsp3) is 0.111. The van der Waals surface area contributed by atoms with Gasteiger partial charge in [-0.25, -0.2) is 8.78 Å². The number of aryl methyl sites for hydroxylation is 1. The Bertz CT molecular complexity index is 1020. The van der Waals surface area contributed by atoms with E-state index in [-0.39, 0.29) is 5.56 Å². The Morgan fingerprint density at radius 1 is 1.09 bits per heavy atom. The molecule has 0 atom stereocenters. The van der Waals surface area contributed by atoms with Gasteiger partial charge in [0.25, 0.3) is 5.56 Å². The summed E-state index contributed by atoms with van der Waals surface area (Å²) in [6.07, 6.45) is 2.45. The maximum atomic E-state index is 13.3. The van der Waals surface area contributed by atoms with Gasteiger partial charge < -0.3 is 4.57 Å². The van der Waals surface area contributed by atoms with Crippen LogP contribution in [0.3, 0.4) is 0 Å². The Morgan fingerprint density at radius 3 is 2.74 bits per heavy atom. The molecule has 0 fully saturated rings. The fourth-order valence-electron chi connectivity index (χ4n) is 2.98. The zero-order valence-electron chi connectivity index (χ0n) is 12.1. The zero-order chi connectivity index (χ0) is 16.0. The van der Waals surface area contributed by atoms with Gasteiger partial charge in [-0.15, -0.1) is 0 Å². The first kappa shape index (κ1) is 13.8. The molecule has 0 aliphatic carbocycles. The van der Waals surface area contributed by atoms with Gasteiger partial charge in [-0.3, -0.25) is 4.79 Å². The van der Waals surface area contributed by atoms with Crippen LogP contribution in [0.25, 0.3) is 22.6 Å². The van der Waals surface area contributed by atoms with E-state index >= 15 is 0 Å². The molecule has 1 aliphatic heterocycles. The van der Waals surface area contributed by atoms with Gasteiger partial charge in [-0.2, -0.15) is 4.98 Å². The van der Waals surface area contributed by atoms with Crippen LogP contribution in [0.2, 0.25) is 0 Å². The van der Waals surface area contributed by atoms with Crippen LogP contribution >= 0.6 is 0 Å². The van der Waals surface area contributed by atoms with E-state index in [9.17, 15) is 13.6 Å². The number of nitrogens with zero attached hydrogens (tertiary/aromatic N) is 2. The number of benzene rings is 2. The topological polar surface area (TPSA) is 34.9 Å². The number of fused-ring (bicyclic) bond motifs is 3. The van der Waals surface area contributed by atoms with E-state index in [0.717, 1.165) is 23.2 Å². The number of hydrogen-bond acceptors (Lipinski definition) is 2. The van der Waals surface area contributed by atoms with Crippen molar-refractivity contribution in [2.45, 2.75) is 13.0 Å². The standard InChI is InChI=1S/C18H12F2N2O/c19-14-6-5-11(10-15(14)20)9-12-7-8-22-16-4-2-1-3-13(16)18(23)21-17(12)22/h1-6,9-10H,7-8H2/b12-9+. The lowest BCUT2D eigenvalue weighted by Crippen LogP contribution is -2.14. The van der Waals surface area contributed by atoms with Gasteiger partial charge in [0, 0.05) is 6.54 Å². The molecular weight excluding hydrogens is 298 g/mol. The maximum absolute atomic E-state index is 13.3. The summed E-state index contributed by atoms with van der Waals surface area (Å²) in [5, 5.41) is 0.588. The fourth-order valence-corrected chi connectivity index (χ4v) is 2.98. The Morgan fingerprint density at radius 2 is 1.91 bits per heavy atom. The van der Waals surface area contributed by atoms with Gasteiger partial charge in [-0.1, -0.05) is 18.2 Å². The monoisotopic (exact) mass is 310 g/mol. The second kappa shape index (κ2) is 5.12. The maximum Gasteiger partial charge on any atom is 0.281 e. The van der Waals surface area contributed by atoms with Crippen molar-refractivity contribution in [2.75, 3.05) is 0 Å². The second-order valence-corrected chi connectivity index (χ2v) is 5.50. The highest BCUT2D eigenvalue weighted by molar-refractivity contribution is 5.85. The van der Waals surface area contributed by atoms with Gasteiger partial charge in [0.05, 0.1) is 10.9 Å². The number of rotatable bonds is 1. The van der Waals surface area contributed by atoms with Crippen LogP contribution < -0.4 is 5.56 Å². The molecule has 0 saturated carbocycles. The van der Waals surface area contributed by atoms with Gasteiger partial charge in [0.1, 0.15) is 5.82 Å². The van der Waals surface area contributed by atoms with Crippen LogP contribution in [-0.2, 0) is 6.54 Å². The summed E-state index contributed by atoms with van der Waals surface area (Å²) in [6, 6.07) is 11.1. The molecule has 0 unspecified atom stereocenters. The highest BCUT2D eigenvalue weighted by atomic mass is 19.2. The van der Waals surface area contributed by atoms with Crippen molar-refractivity contribution in [1.29, 1.82) is 0 Å². The molecule has 0 spiro atoms. The van der Waals surface area contributed by atoms with E-state index in [1.165, 1.54) is 6.07 Å². The molecule has 0 radical (unpaired) electrons. The molecular formula is C18H12F2N2O. The van der Waals surface area contributed by atoms with Crippen LogP contribution in [0.5, 0.6) is 0 Å². The highest BCUT2D eigenvalue weighted by Gasteiger charge is 2.20. The van der Waals surface area contributed by atoms with Crippen LogP contribution in [0.4, 0.5) is 8.78 Å². The van der Waals surface area contributed by atoms with Crippen molar-refractivity contribution in [3.05, 3.63) is 75.8 Å². The molecule has 23 heavy (non-hydrogen) atoms. The SMILES string of the molecule is O=c1nc2n(c3ccccc13)CC/C2=C\c1ccc(F)c(F)c1. The highest BCUT2D eigenvalue weighted by Crippen LogP contribution is 2.29. The number of allylic oxidation sites excluding steroid dienone is 1. The molecule has 0 bridgehead atoms. The van der Waals surface area contributed by atoms with Crippen molar-refractivity contribution >= 4 is 22.6 Å². The third-order valence-corrected chi connectivity index (χ3v) is 4.06. The van der Waals surface area contributed by atoms with Crippen LogP contribution in [0, 0.1) is 11.6 Å². The predicted molar refractivity (Wildman–Crippen MR) is 84.8 cm³/mol. The third-order valence-electron chi connectivity index (χ3n) is 4.06. The first-order valence-electron chi connectivity index (χ1n) is 7.29. The Kier molecular flexibility index (Phi) is 3.08. The molecule has 0 amide bonds. The molecule has 5 heteroatoms. The summed E-state index contributed by atoms with van der Waals surface area (Å²) in [6.45, 7) is 0.707. The minimum Gasteiger partial charge on any atom is -0.325 e. The molecule has 3 nitrogen and oxygen atoms in total. The summed E-state index contributed by atoms with van der Waals surface area (Å²) in [7, 11) is 0. The van der Waals surface area contributed by atoms with E-state index < -0.39 is 11.6 Å². The summed E-state index contributed by atoms with van der Waals surface area (Å²) >= 11 is 0. The quantitative estimate of drug-likeness (QED) is 0.688. The van der Waals surface area contributed by atoms with Crippen LogP contribution in [-0.4, -0.2) is 9.55 Å². The molecule has 4 rings (SSSR count). The Hall–Kier alpha value is -2.82. The van der Waals surface area contributed by atoms with Gasteiger partial charge >= 0.3 is 0 Å². The number of aromatic nitrogens is 2. The minimum absolute atomic E-state index is 0.273. The van der Waals surface area contributed by atoms with Crippen molar-refractivity contribution in [3.8, 4) is 0 Å². The van der Waals surface area contributed by atoms with Crippen molar-refractivity contribution in [2.24, 2.45) is 0 Å². The average Bonchev–Trinajstić information content (AvgIpc) is 2.94. The van der Waals surface area contributed by atoms with E-state index in [4.69, 9.17) is 0 Å². The Labute approximate surface area is 130 Å². The second-order valence-electron chi connectivity index (χ2n) is 5.50. The summed E-state index contributed by atoms with van der Waals surface area (Å²) in [5.41, 5.74) is 1.97. The third kappa shape index (κ3) is 2.25. The van der Waals surface area contributed by atoms with E-state index in [2.05, 4.69) is 4.98 Å². The van der Waals surface area contributed by atoms with Crippen molar-refractivity contribution in [1.82, 2.24) is 9.55 Å². The lowest BCUT2D eigenvalue weighted by Gasteiger charge is -2.07. The van der Waals surface area contributed by atoms with E-state index in [1.807, 2.05) is 22.8 Å². The molecule has 114 valence electrons. The van der Waals surface area contributed by atoms with Gasteiger partial charge in [0.2, 0.25) is 0 Å². The average molecular weight is 310 g/mol. The van der Waals surface area contributed by atoms with Crippen molar-refractivity contribution in [3.63, 3.8) is 0 Å². The lowest BCUT2D eigenvalue weighted by atomic mass is 10.1. The lowest BCUT2D eigenvalue weighted by molar-refractivity contribution is 0.508. The summed E-state index contributed by atoms with van der Waals surface area (Å²) in [4.78, 5) is 16.3. The number of para-hydroxylation sites is 1. The summed E-state index contributed by atoms with van der Waals surface area (Å²) < 4.78 is 28.4. The van der Waals surface area contributed by atoms with Gasteiger partial charge in [-0.05, 0) is 47.9 Å². The predicted octanol–water partition coefficient (Wildman–Crippen LogP) is 3.62. The molecule has 1 aromatic heterocycles. The van der Waals surface area contributed by atoms with Crippen LogP contribution in [0.1, 0.15) is 17.8 Å². The molecule has 2 heterocycles. The number of halogens is 2. The van der Waals surface area contributed by atoms with Crippen LogP contribution in [0.15, 0.2) is 47.3 Å². The minimum atomic E-state index is -0.888. The Balaban J connectivity index is 1.89. The molecule has 2 aromatic carbocycles.